The van der Waals surface area contributed by atoms with Gasteiger partial charge in [0.15, 0.2) is 17.1 Å². The van der Waals surface area contributed by atoms with Crippen molar-refractivity contribution in [2.45, 2.75) is 57.8 Å². The molecule has 1 unspecified atom stereocenters. The second kappa shape index (κ2) is 11.2. The van der Waals surface area contributed by atoms with Gasteiger partial charge in [-0.05, 0) is 56.5 Å². The van der Waals surface area contributed by atoms with Crippen LogP contribution in [0.25, 0.3) is 0 Å². The van der Waals surface area contributed by atoms with E-state index in [0.717, 1.165) is 11.6 Å². The number of hydrogen-bond acceptors (Lipinski definition) is 6. The summed E-state index contributed by atoms with van der Waals surface area (Å²) < 4.78 is 13.5. The third kappa shape index (κ3) is 6.28. The van der Waals surface area contributed by atoms with Crippen molar-refractivity contribution in [3.05, 3.63) is 59.9 Å². The third-order valence-electron chi connectivity index (χ3n) is 5.14. The molecule has 0 aliphatic carbocycles. The number of carbonyl (C=O) groups excluding carboxylic acids is 1. The quantitative estimate of drug-likeness (QED) is 0.375. The van der Waals surface area contributed by atoms with Gasteiger partial charge in [0.05, 0.1) is 18.6 Å². The predicted molar refractivity (Wildman–Crippen MR) is 132 cm³/mol. The summed E-state index contributed by atoms with van der Waals surface area (Å²) in [7, 11) is 1.58. The molecule has 0 aliphatic rings. The molecule has 2 aromatic carbocycles. The van der Waals surface area contributed by atoms with Gasteiger partial charge in [0.1, 0.15) is 11.5 Å². The molecule has 0 saturated carbocycles. The van der Waals surface area contributed by atoms with E-state index in [-0.39, 0.29) is 23.8 Å². The topological polar surface area (TPSA) is 78.3 Å². The Balaban J connectivity index is 1.67. The van der Waals surface area contributed by atoms with Gasteiger partial charge in [-0.25, -0.2) is 0 Å². The highest BCUT2D eigenvalue weighted by atomic mass is 32.2. The van der Waals surface area contributed by atoms with E-state index >= 15 is 0 Å². The third-order valence-corrected chi connectivity index (χ3v) is 6.09. The van der Waals surface area contributed by atoms with Gasteiger partial charge in [0.2, 0.25) is 5.91 Å². The number of benzene rings is 2. The van der Waals surface area contributed by atoms with Crippen molar-refractivity contribution in [1.29, 1.82) is 0 Å². The molecule has 0 saturated heterocycles. The van der Waals surface area contributed by atoms with Crippen LogP contribution in [0.3, 0.4) is 0 Å². The summed E-state index contributed by atoms with van der Waals surface area (Å²) in [5.74, 6) is 2.67. The second-order valence-electron chi connectivity index (χ2n) is 8.33. The van der Waals surface area contributed by atoms with E-state index in [9.17, 15) is 4.79 Å². The van der Waals surface area contributed by atoms with Crippen LogP contribution >= 0.6 is 11.8 Å². The van der Waals surface area contributed by atoms with Crippen molar-refractivity contribution in [3.8, 4) is 11.5 Å². The maximum Gasteiger partial charge on any atom is 0.234 e. The number of nitrogens with zero attached hydrogens (tertiary/aromatic N) is 3. The minimum atomic E-state index is -0.290. The lowest BCUT2D eigenvalue weighted by molar-refractivity contribution is -0.113. The van der Waals surface area contributed by atoms with Gasteiger partial charge in [-0.3, -0.25) is 4.79 Å². The largest absolute Gasteiger partial charge is 0.495 e. The van der Waals surface area contributed by atoms with Crippen molar-refractivity contribution in [2.75, 3.05) is 18.2 Å². The van der Waals surface area contributed by atoms with Gasteiger partial charge >= 0.3 is 0 Å². The maximum atomic E-state index is 12.5. The number of rotatable bonds is 10. The Hall–Kier alpha value is -3.00. The average molecular weight is 469 g/mol. The zero-order valence-corrected chi connectivity index (χ0v) is 20.8. The maximum absolute atomic E-state index is 12.5. The fourth-order valence-corrected chi connectivity index (χ4v) is 4.28. The van der Waals surface area contributed by atoms with Crippen LogP contribution in [0.1, 0.15) is 64.1 Å². The smallest absolute Gasteiger partial charge is 0.234 e. The van der Waals surface area contributed by atoms with E-state index in [1.807, 2.05) is 47.9 Å². The Morgan fingerprint density at radius 3 is 2.36 bits per heavy atom. The van der Waals surface area contributed by atoms with Gasteiger partial charge in [-0.2, -0.15) is 0 Å². The zero-order chi connectivity index (χ0) is 24.0. The molecule has 1 atom stereocenters. The second-order valence-corrected chi connectivity index (χ2v) is 9.27. The first-order valence-electron chi connectivity index (χ1n) is 11.1. The first kappa shape index (κ1) is 24.6. The highest BCUT2D eigenvalue weighted by Crippen LogP contribution is 2.29. The highest BCUT2D eigenvalue weighted by molar-refractivity contribution is 7.99. The standard InChI is InChI=1S/C25H32N4O3S/c1-16(2)19-11-13-20(14-12-19)32-18(5)24-27-28-25(29(24)17(3)4)33-15-23(30)26-21-9-7-8-10-22(21)31-6/h7-14,16-18H,15H2,1-6H3,(H,26,30). The number of methoxy groups -OCH3 is 1. The first-order chi connectivity index (χ1) is 15.8. The van der Waals surface area contributed by atoms with Crippen LogP contribution in [0.4, 0.5) is 5.69 Å². The zero-order valence-electron chi connectivity index (χ0n) is 20.0. The summed E-state index contributed by atoms with van der Waals surface area (Å²) >= 11 is 1.35. The summed E-state index contributed by atoms with van der Waals surface area (Å²) in [6.45, 7) is 10.4. The molecule has 3 rings (SSSR count). The fourth-order valence-electron chi connectivity index (χ4n) is 3.40. The number of anilines is 1. The predicted octanol–water partition coefficient (Wildman–Crippen LogP) is 5.86. The van der Waals surface area contributed by atoms with Crippen LogP contribution in [0, 0.1) is 0 Å². The van der Waals surface area contributed by atoms with Crippen molar-refractivity contribution in [2.24, 2.45) is 0 Å². The number of amides is 1. The molecule has 33 heavy (non-hydrogen) atoms. The van der Waals surface area contributed by atoms with Crippen molar-refractivity contribution < 1.29 is 14.3 Å². The lowest BCUT2D eigenvalue weighted by atomic mass is 10.0. The Kier molecular flexibility index (Phi) is 8.38. The van der Waals surface area contributed by atoms with Crippen molar-refractivity contribution >= 4 is 23.4 Å². The van der Waals surface area contributed by atoms with Crippen LogP contribution < -0.4 is 14.8 Å². The summed E-state index contributed by atoms with van der Waals surface area (Å²) in [4.78, 5) is 12.5. The lowest BCUT2D eigenvalue weighted by Crippen LogP contribution is -2.17. The summed E-state index contributed by atoms with van der Waals surface area (Å²) in [6.07, 6.45) is -0.290. The molecule has 0 radical (unpaired) electrons. The Morgan fingerprint density at radius 2 is 1.73 bits per heavy atom. The number of carbonyl (C=O) groups is 1. The molecule has 176 valence electrons. The average Bonchev–Trinajstić information content (AvgIpc) is 3.23. The van der Waals surface area contributed by atoms with Gasteiger partial charge in [0.25, 0.3) is 0 Å². The number of nitrogens with one attached hydrogen (secondary N) is 1. The number of thioether (sulfide) groups is 1. The van der Waals surface area contributed by atoms with Gasteiger partial charge in [-0.1, -0.05) is 49.9 Å². The Morgan fingerprint density at radius 1 is 1.03 bits per heavy atom. The van der Waals surface area contributed by atoms with Crippen LogP contribution in [-0.2, 0) is 4.79 Å². The molecule has 1 heterocycles. The number of aromatic nitrogens is 3. The normalized spacial score (nSPS) is 12.1. The Bertz CT molecular complexity index is 1060. The summed E-state index contributed by atoms with van der Waals surface area (Å²) in [5, 5.41) is 12.3. The molecule has 1 N–H and O–H groups in total. The van der Waals surface area contributed by atoms with Gasteiger partial charge in [-0.15, -0.1) is 10.2 Å². The van der Waals surface area contributed by atoms with E-state index in [1.165, 1.54) is 17.3 Å². The number of ether oxygens (including phenoxy) is 2. The minimum absolute atomic E-state index is 0.115. The molecule has 1 amide bonds. The van der Waals surface area contributed by atoms with E-state index in [2.05, 4.69) is 55.3 Å². The molecule has 0 aliphatic heterocycles. The van der Waals surface area contributed by atoms with Gasteiger partial charge in [0, 0.05) is 6.04 Å². The first-order valence-corrected chi connectivity index (χ1v) is 12.1. The Labute approximate surface area is 199 Å². The minimum Gasteiger partial charge on any atom is -0.495 e. The molecular formula is C25H32N4O3S. The van der Waals surface area contributed by atoms with Crippen LogP contribution in [0.15, 0.2) is 53.7 Å². The molecule has 0 fully saturated rings. The summed E-state index contributed by atoms with van der Waals surface area (Å²) in [5.41, 5.74) is 1.91. The van der Waals surface area contributed by atoms with E-state index in [4.69, 9.17) is 9.47 Å². The molecule has 0 bridgehead atoms. The van der Waals surface area contributed by atoms with Gasteiger partial charge < -0.3 is 19.4 Å². The van der Waals surface area contributed by atoms with E-state index in [0.29, 0.717) is 22.5 Å². The number of hydrogen-bond donors (Lipinski definition) is 1. The SMILES string of the molecule is COc1ccccc1NC(=O)CSc1nnc(C(C)Oc2ccc(C(C)C)cc2)n1C(C)C. The van der Waals surface area contributed by atoms with Crippen LogP contribution in [-0.4, -0.2) is 33.5 Å². The molecule has 8 heteroatoms. The van der Waals surface area contributed by atoms with Crippen LogP contribution in [0.5, 0.6) is 11.5 Å². The van der Waals surface area contributed by atoms with E-state index < -0.39 is 0 Å². The van der Waals surface area contributed by atoms with Crippen molar-refractivity contribution in [3.63, 3.8) is 0 Å². The molecule has 0 spiro atoms. The number of para-hydroxylation sites is 2. The fraction of sp³-hybridized carbons (Fsp3) is 0.400. The molecular weight excluding hydrogens is 436 g/mol. The molecule has 1 aromatic heterocycles. The monoisotopic (exact) mass is 468 g/mol. The van der Waals surface area contributed by atoms with Crippen molar-refractivity contribution in [1.82, 2.24) is 14.8 Å². The van der Waals surface area contributed by atoms with E-state index in [1.54, 1.807) is 7.11 Å². The summed E-state index contributed by atoms with van der Waals surface area (Å²) in [6, 6.07) is 15.6. The van der Waals surface area contributed by atoms with Crippen LogP contribution in [0.2, 0.25) is 0 Å². The lowest BCUT2D eigenvalue weighted by Gasteiger charge is -2.19. The highest BCUT2D eigenvalue weighted by Gasteiger charge is 2.22. The molecule has 7 nitrogen and oxygen atoms in total. The molecule has 3 aromatic rings.